The first-order valence-corrected chi connectivity index (χ1v) is 40.4. The standard InChI is InChI=1S/C48H36N10O4.C22H14Cl2N2O4.C13H12N4.C8H4Cl2O2.C6H8N2/c49-33-13-9-27(10-14-33)43-55-39-23-21-37(25-41(39)57-43)53-47(61)31-5-1-29(2-6-31)45(59)51-35-17-19-36(20-18-35)52-46(60)30-3-7-32(8-4-30)48(62)54-38-22-24-40-42(26-38)58-44(56-40)28-11-15-34(50)16-12-28;23-19(27)13-1-5-15(6-2-13)21(29)25-17-9-11-18(12-10-17)26-22(30)16-7-3-14(4-8-16)20(24)28;14-9-3-1-8(2-4-9)13-16-11-6-5-10(15)7-12(11)17-13;9-7(11)5-1-2-6(4-3-5)8(10)12;7-5-1-2-6(8)4-3-5/h1-26H,49-50H2,(H,51,59)(H,52,60)(H,53,61)(H,54,62)(H,55,57)(H,56,58);1-12H,(H,25,29)(H,26,30);1-7H,14-15H2,(H,16,17);1-4H;1-4H,7-8H2. The Morgan fingerprint density at radius 2 is 0.395 bits per heavy atom. The fourth-order valence-electron chi connectivity index (χ4n) is 12.3. The van der Waals surface area contributed by atoms with Crippen LogP contribution in [0.2, 0.25) is 0 Å². The third kappa shape index (κ3) is 24.5. The number of benzene rings is 14. The van der Waals surface area contributed by atoms with Crippen LogP contribution >= 0.6 is 46.4 Å². The number of aromatic amines is 3. The fourth-order valence-corrected chi connectivity index (χ4v) is 12.8. The van der Waals surface area contributed by atoms with Gasteiger partial charge in [-0.2, -0.15) is 0 Å². The number of rotatable bonds is 19. The van der Waals surface area contributed by atoms with E-state index in [-0.39, 0.29) is 35.4 Å². The highest BCUT2D eigenvalue weighted by molar-refractivity contribution is 6.69. The molecule has 0 bridgehead atoms. The summed E-state index contributed by atoms with van der Waals surface area (Å²) in [5, 5.41) is 14.6. The molecule has 0 saturated heterocycles. The van der Waals surface area contributed by atoms with E-state index in [0.29, 0.717) is 124 Å². The van der Waals surface area contributed by atoms with Crippen LogP contribution in [0, 0.1) is 0 Å². The SMILES string of the molecule is Nc1ccc(-c2nc3cc(NC(=O)c4ccc(C(=O)Nc5ccc(NC(=O)c6ccc(C(=O)Nc7ccc8[nH]c(-c9ccc(N)cc9)nc8c7)cc6)cc5)cc4)ccc3[nH]2)cc1.Nc1ccc(-c2nc3ccc(N)cc3[nH]2)cc1.Nc1ccc(N)cc1.O=C(Cl)c1ccc(C(=O)Cl)cc1.O=C(Cl)c1ccc(C(=O)Nc2ccc(NC(=O)c3ccc(C(=O)Cl)cc3)cc2)cc1. The number of halogens is 4. The molecule has 21 N–H and O–H groups in total. The number of carbonyl (C=O) groups excluding carboxylic acids is 10. The maximum absolute atomic E-state index is 13.1. The Labute approximate surface area is 754 Å². The molecule has 129 heavy (non-hydrogen) atoms. The third-order valence-corrected chi connectivity index (χ3v) is 20.1. The van der Waals surface area contributed by atoms with Crippen LogP contribution in [0.1, 0.15) is 104 Å². The van der Waals surface area contributed by atoms with E-state index < -0.39 is 21.0 Å². The molecule has 32 heteroatoms. The summed E-state index contributed by atoms with van der Waals surface area (Å²) in [4.78, 5) is 144. The van der Waals surface area contributed by atoms with Gasteiger partial charge in [0, 0.05) is 141 Å². The number of nitrogens with one attached hydrogen (secondary N) is 9. The minimum Gasteiger partial charge on any atom is -0.399 e. The molecule has 17 aromatic rings. The lowest BCUT2D eigenvalue weighted by atomic mass is 10.1. The molecule has 17 rings (SSSR count). The predicted molar refractivity (Wildman–Crippen MR) is 511 cm³/mol. The number of amides is 6. The van der Waals surface area contributed by atoms with E-state index in [4.69, 9.17) is 80.8 Å². The molecule has 3 aromatic heterocycles. The smallest absolute Gasteiger partial charge is 0.255 e. The lowest BCUT2D eigenvalue weighted by Crippen LogP contribution is -2.15. The number of fused-ring (bicyclic) bond motifs is 3. The second-order valence-corrected chi connectivity index (χ2v) is 29.8. The molecule has 640 valence electrons. The Morgan fingerprint density at radius 1 is 0.202 bits per heavy atom. The lowest BCUT2D eigenvalue weighted by Gasteiger charge is -2.10. The van der Waals surface area contributed by atoms with Crippen molar-refractivity contribution in [1.29, 1.82) is 0 Å². The van der Waals surface area contributed by atoms with Gasteiger partial charge in [0.1, 0.15) is 17.5 Å². The van der Waals surface area contributed by atoms with Crippen LogP contribution in [0.25, 0.3) is 67.3 Å². The molecular weight excluding hydrogens is 1720 g/mol. The average molecular weight is 1790 g/mol. The number of carbonyl (C=O) groups is 10. The maximum atomic E-state index is 13.1. The Morgan fingerprint density at radius 3 is 0.636 bits per heavy atom. The van der Waals surface area contributed by atoms with Crippen molar-refractivity contribution in [3.05, 3.63) is 377 Å². The summed E-state index contributed by atoms with van der Waals surface area (Å²) >= 11 is 21.1. The molecule has 6 amide bonds. The number of anilines is 12. The van der Waals surface area contributed by atoms with Gasteiger partial charge in [0.15, 0.2) is 0 Å². The Balaban J connectivity index is 0.000000172. The van der Waals surface area contributed by atoms with Crippen LogP contribution in [0.15, 0.2) is 322 Å². The van der Waals surface area contributed by atoms with Crippen molar-refractivity contribution in [2.75, 3.05) is 66.3 Å². The molecule has 0 radical (unpaired) electrons. The summed E-state index contributed by atoms with van der Waals surface area (Å²) in [6.45, 7) is 0. The Hall–Kier alpha value is -17.1. The molecule has 0 fully saturated rings. The largest absolute Gasteiger partial charge is 0.399 e. The van der Waals surface area contributed by atoms with Crippen LogP contribution in [0.4, 0.5) is 68.2 Å². The van der Waals surface area contributed by atoms with E-state index in [1.54, 1.807) is 146 Å². The molecule has 0 unspecified atom stereocenters. The summed E-state index contributed by atoms with van der Waals surface area (Å²) in [5.41, 5.74) is 52.4. The highest BCUT2D eigenvalue weighted by Gasteiger charge is 2.18. The van der Waals surface area contributed by atoms with Crippen LogP contribution in [0.3, 0.4) is 0 Å². The Bertz CT molecular complexity index is 6650. The third-order valence-electron chi connectivity index (χ3n) is 19.2. The monoisotopic (exact) mass is 1790 g/mol. The van der Waals surface area contributed by atoms with Crippen molar-refractivity contribution in [3.8, 4) is 34.2 Å². The van der Waals surface area contributed by atoms with Crippen molar-refractivity contribution in [2.45, 2.75) is 0 Å². The summed E-state index contributed by atoms with van der Waals surface area (Å²) < 4.78 is 0. The van der Waals surface area contributed by atoms with E-state index >= 15 is 0 Å². The molecule has 0 aliphatic carbocycles. The van der Waals surface area contributed by atoms with Crippen LogP contribution in [0.5, 0.6) is 0 Å². The number of hydrogen-bond donors (Lipinski definition) is 15. The lowest BCUT2D eigenvalue weighted by molar-refractivity contribution is 0.101. The topological polar surface area (TPSA) is 485 Å². The van der Waals surface area contributed by atoms with E-state index in [2.05, 4.69) is 61.8 Å². The van der Waals surface area contributed by atoms with Gasteiger partial charge in [-0.1, -0.05) is 0 Å². The number of nitrogens with two attached hydrogens (primary N) is 6. The molecule has 0 aliphatic heterocycles. The van der Waals surface area contributed by atoms with Gasteiger partial charge in [-0.05, 0) is 368 Å². The number of imidazole rings is 3. The molecule has 0 spiro atoms. The van der Waals surface area contributed by atoms with Gasteiger partial charge in [-0.3, -0.25) is 47.9 Å². The number of H-pyrrole nitrogens is 3. The van der Waals surface area contributed by atoms with Gasteiger partial charge in [-0.25, -0.2) is 15.0 Å². The first-order valence-electron chi connectivity index (χ1n) is 38.9. The molecule has 0 atom stereocenters. The van der Waals surface area contributed by atoms with Crippen molar-refractivity contribution in [1.82, 2.24) is 29.9 Å². The first kappa shape index (κ1) is 89.7. The highest BCUT2D eigenvalue weighted by Crippen LogP contribution is 2.30. The Kier molecular flexibility index (Phi) is 28.8. The highest BCUT2D eigenvalue weighted by atomic mass is 35.5. The molecule has 14 aromatic carbocycles. The second kappa shape index (κ2) is 41.4. The zero-order valence-electron chi connectivity index (χ0n) is 67.5. The van der Waals surface area contributed by atoms with Crippen molar-refractivity contribution < 1.29 is 47.9 Å². The quantitative estimate of drug-likeness (QED) is 0.0264. The number of nitrogens with zero attached hydrogens (tertiary/aromatic N) is 3. The molecule has 0 aliphatic rings. The van der Waals surface area contributed by atoms with Gasteiger partial charge in [0.05, 0.1) is 33.1 Å². The van der Waals surface area contributed by atoms with Crippen LogP contribution in [-0.2, 0) is 0 Å². The van der Waals surface area contributed by atoms with Gasteiger partial charge < -0.3 is 81.3 Å². The van der Waals surface area contributed by atoms with E-state index in [1.165, 1.54) is 72.8 Å². The molecule has 28 nitrogen and oxygen atoms in total. The predicted octanol–water partition coefficient (Wildman–Crippen LogP) is 19.6. The van der Waals surface area contributed by atoms with Crippen molar-refractivity contribution >= 4 is 204 Å². The number of hydrogen-bond acceptors (Lipinski definition) is 19. The van der Waals surface area contributed by atoms with Crippen molar-refractivity contribution in [3.63, 3.8) is 0 Å². The molecular formula is C97H74Cl4N18O10. The number of nitrogen functional groups attached to an aromatic ring is 6. The fraction of sp³-hybridized carbons (Fsp3) is 0. The van der Waals surface area contributed by atoms with Gasteiger partial charge in [0.2, 0.25) is 0 Å². The maximum Gasteiger partial charge on any atom is 0.255 e. The average Bonchev–Trinajstić information content (AvgIpc) is 1.76. The minimum atomic E-state index is -0.594. The summed E-state index contributed by atoms with van der Waals surface area (Å²) in [6.07, 6.45) is 0. The van der Waals surface area contributed by atoms with Gasteiger partial charge in [-0.15, -0.1) is 0 Å². The number of aromatic nitrogens is 6. The van der Waals surface area contributed by atoms with E-state index in [1.807, 2.05) is 103 Å². The van der Waals surface area contributed by atoms with Gasteiger partial charge in [0.25, 0.3) is 56.4 Å². The summed E-state index contributed by atoms with van der Waals surface area (Å²) in [6, 6.07) is 89.4. The minimum absolute atomic E-state index is 0.303. The second-order valence-electron chi connectivity index (χ2n) is 28.4. The van der Waals surface area contributed by atoms with Crippen LogP contribution in [-0.4, -0.2) is 86.3 Å². The van der Waals surface area contributed by atoms with Gasteiger partial charge >= 0.3 is 0 Å². The molecule has 0 saturated carbocycles. The zero-order chi connectivity index (χ0) is 91.4. The zero-order valence-corrected chi connectivity index (χ0v) is 70.5. The summed E-state index contributed by atoms with van der Waals surface area (Å²) in [5.74, 6) is 0.0813. The molecule has 3 heterocycles. The van der Waals surface area contributed by atoms with Crippen LogP contribution < -0.4 is 66.3 Å². The normalized spacial score (nSPS) is 10.5. The van der Waals surface area contributed by atoms with E-state index in [9.17, 15) is 47.9 Å². The first-order chi connectivity index (χ1) is 62.0. The summed E-state index contributed by atoms with van der Waals surface area (Å²) in [7, 11) is 0. The van der Waals surface area contributed by atoms with Crippen molar-refractivity contribution in [2.24, 2.45) is 0 Å². The van der Waals surface area contributed by atoms with E-state index in [0.717, 1.165) is 67.3 Å².